The number of carboxylic acid groups (broad SMARTS) is 1. The predicted molar refractivity (Wildman–Crippen MR) is 144 cm³/mol. The Morgan fingerprint density at radius 1 is 1.19 bits per heavy atom. The van der Waals surface area contributed by atoms with Crippen LogP contribution in [-0.4, -0.2) is 39.3 Å². The van der Waals surface area contributed by atoms with Crippen molar-refractivity contribution in [3.05, 3.63) is 62.4 Å². The molecule has 3 aliphatic rings. The van der Waals surface area contributed by atoms with Gasteiger partial charge < -0.3 is 15.2 Å². The molecule has 1 atom stereocenters. The third-order valence-corrected chi connectivity index (χ3v) is 8.79. The summed E-state index contributed by atoms with van der Waals surface area (Å²) in [5.41, 5.74) is 2.74. The van der Waals surface area contributed by atoms with Gasteiger partial charge in [-0.1, -0.05) is 17.7 Å². The summed E-state index contributed by atoms with van der Waals surface area (Å²) in [6.45, 7) is 4.68. The Morgan fingerprint density at radius 3 is 2.49 bits per heavy atom. The van der Waals surface area contributed by atoms with E-state index in [4.69, 9.17) is 21.3 Å². The molecule has 3 aromatic rings. The summed E-state index contributed by atoms with van der Waals surface area (Å²) in [5.74, 6) is -0.314. The smallest absolute Gasteiger partial charge is 0.356 e. The number of hydrogen-bond donors (Lipinski definition) is 2. The molecule has 9 heteroatoms. The number of rotatable bonds is 7. The molecular weight excluding hydrogens is 492 g/mol. The number of carboxylic acids is 1. The van der Waals surface area contributed by atoms with Crippen LogP contribution in [0.1, 0.15) is 78.9 Å². The zero-order valence-electron chi connectivity index (χ0n) is 21.7. The van der Waals surface area contributed by atoms with Crippen molar-refractivity contribution in [3.63, 3.8) is 0 Å². The van der Waals surface area contributed by atoms with Gasteiger partial charge in [-0.2, -0.15) is 0 Å². The van der Waals surface area contributed by atoms with Gasteiger partial charge in [-0.3, -0.25) is 9.36 Å². The molecule has 0 amide bonds. The number of fused-ring (bicyclic) bond motifs is 4. The molecule has 0 saturated heterocycles. The van der Waals surface area contributed by atoms with E-state index >= 15 is 0 Å². The van der Waals surface area contributed by atoms with Gasteiger partial charge in [0.25, 0.3) is 5.56 Å². The van der Waals surface area contributed by atoms with E-state index in [1.807, 2.05) is 33.0 Å². The molecule has 3 aliphatic carbocycles. The minimum Gasteiger partial charge on any atom is -0.476 e. The highest BCUT2D eigenvalue weighted by atomic mass is 35.5. The SMILES string of the molecule is COCC12CCC(c3nc4c([C@@H](C)Nc5ccc(Cl)nc5C(=O)O)cc(C)cc4c(=O)n3C)(CC1)CC2. The van der Waals surface area contributed by atoms with Crippen molar-refractivity contribution < 1.29 is 14.6 Å². The first-order valence-corrected chi connectivity index (χ1v) is 13.1. The van der Waals surface area contributed by atoms with Gasteiger partial charge in [-0.05, 0) is 81.5 Å². The Morgan fingerprint density at radius 2 is 1.86 bits per heavy atom. The molecule has 0 spiro atoms. The molecule has 3 saturated carbocycles. The van der Waals surface area contributed by atoms with Crippen LogP contribution in [0.4, 0.5) is 5.69 Å². The fraction of sp³-hybridized carbons (Fsp3) is 0.500. The minimum atomic E-state index is -1.17. The van der Waals surface area contributed by atoms with Gasteiger partial charge in [-0.15, -0.1) is 0 Å². The largest absolute Gasteiger partial charge is 0.476 e. The van der Waals surface area contributed by atoms with Crippen molar-refractivity contribution in [1.29, 1.82) is 0 Å². The molecule has 2 bridgehead atoms. The third kappa shape index (κ3) is 4.40. The summed E-state index contributed by atoms with van der Waals surface area (Å²) >= 11 is 5.94. The first-order chi connectivity index (χ1) is 17.6. The number of hydrogen-bond acceptors (Lipinski definition) is 6. The average Bonchev–Trinajstić information content (AvgIpc) is 2.88. The number of benzene rings is 1. The zero-order chi connectivity index (χ0) is 26.5. The number of aryl methyl sites for hydroxylation is 1. The Bertz CT molecular complexity index is 1430. The Hall–Kier alpha value is -2.97. The highest BCUT2D eigenvalue weighted by molar-refractivity contribution is 6.29. The summed E-state index contributed by atoms with van der Waals surface area (Å²) < 4.78 is 7.30. The van der Waals surface area contributed by atoms with Crippen molar-refractivity contribution in [2.24, 2.45) is 12.5 Å². The number of methoxy groups -OCH3 is 1. The third-order valence-electron chi connectivity index (χ3n) is 8.58. The lowest BCUT2D eigenvalue weighted by Crippen LogP contribution is -2.48. The lowest BCUT2D eigenvalue weighted by atomic mass is 9.53. The first-order valence-electron chi connectivity index (χ1n) is 12.8. The minimum absolute atomic E-state index is 0.0507. The van der Waals surface area contributed by atoms with Gasteiger partial charge in [0.1, 0.15) is 11.0 Å². The second-order valence-corrected chi connectivity index (χ2v) is 11.4. The molecule has 0 radical (unpaired) electrons. The van der Waals surface area contributed by atoms with E-state index in [-0.39, 0.29) is 33.3 Å². The average molecular weight is 525 g/mol. The molecular formula is C28H33ClN4O4. The van der Waals surface area contributed by atoms with E-state index in [0.29, 0.717) is 16.6 Å². The maximum atomic E-state index is 13.7. The van der Waals surface area contributed by atoms with Crippen LogP contribution in [0.15, 0.2) is 29.1 Å². The highest BCUT2D eigenvalue weighted by Gasteiger charge is 2.51. The van der Waals surface area contributed by atoms with Crippen molar-refractivity contribution in [1.82, 2.24) is 14.5 Å². The molecule has 6 rings (SSSR count). The first kappa shape index (κ1) is 25.7. The van der Waals surface area contributed by atoms with Crippen molar-refractivity contribution in [2.75, 3.05) is 19.0 Å². The van der Waals surface area contributed by atoms with Gasteiger partial charge in [0.2, 0.25) is 0 Å². The van der Waals surface area contributed by atoms with Crippen LogP contribution >= 0.6 is 11.6 Å². The van der Waals surface area contributed by atoms with Crippen LogP contribution in [0.3, 0.4) is 0 Å². The highest BCUT2D eigenvalue weighted by Crippen LogP contribution is 2.57. The number of aromatic carboxylic acids is 1. The van der Waals surface area contributed by atoms with Crippen LogP contribution in [0.2, 0.25) is 5.15 Å². The molecule has 2 N–H and O–H groups in total. The Balaban J connectivity index is 1.59. The van der Waals surface area contributed by atoms with Crippen LogP contribution in [0.5, 0.6) is 0 Å². The number of pyridine rings is 1. The molecule has 8 nitrogen and oxygen atoms in total. The number of nitrogens with zero attached hydrogens (tertiary/aromatic N) is 3. The maximum absolute atomic E-state index is 13.7. The Labute approximate surface area is 221 Å². The summed E-state index contributed by atoms with van der Waals surface area (Å²) in [6, 6.07) is 6.74. The topological polar surface area (TPSA) is 106 Å². The van der Waals surface area contributed by atoms with Crippen molar-refractivity contribution in [2.45, 2.75) is 63.8 Å². The molecule has 196 valence electrons. The Kier molecular flexibility index (Phi) is 6.52. The number of halogens is 1. The van der Waals surface area contributed by atoms with Crippen molar-refractivity contribution in [3.8, 4) is 0 Å². The summed E-state index contributed by atoms with van der Waals surface area (Å²) in [7, 11) is 3.62. The molecule has 2 aromatic heterocycles. The summed E-state index contributed by atoms with van der Waals surface area (Å²) in [5, 5.41) is 13.6. The zero-order valence-corrected chi connectivity index (χ0v) is 22.5. The second-order valence-electron chi connectivity index (χ2n) is 11.0. The van der Waals surface area contributed by atoms with Gasteiger partial charge in [0.05, 0.1) is 29.2 Å². The van der Waals surface area contributed by atoms with Crippen LogP contribution in [-0.2, 0) is 17.2 Å². The number of anilines is 1. The molecule has 0 unspecified atom stereocenters. The molecule has 0 aliphatic heterocycles. The van der Waals surface area contributed by atoms with E-state index in [2.05, 4.69) is 10.3 Å². The number of ether oxygens (including phenoxy) is 1. The van der Waals surface area contributed by atoms with Crippen LogP contribution in [0, 0.1) is 12.3 Å². The van der Waals surface area contributed by atoms with Gasteiger partial charge in [0, 0.05) is 25.1 Å². The van der Waals surface area contributed by atoms with E-state index in [1.54, 1.807) is 23.8 Å². The number of aromatic nitrogens is 3. The fourth-order valence-corrected chi connectivity index (χ4v) is 6.65. The number of nitrogens with one attached hydrogen (secondary N) is 1. The van der Waals surface area contributed by atoms with Crippen LogP contribution < -0.4 is 10.9 Å². The molecule has 1 aromatic carbocycles. The van der Waals surface area contributed by atoms with Gasteiger partial charge >= 0.3 is 5.97 Å². The van der Waals surface area contributed by atoms with Gasteiger partial charge in [0.15, 0.2) is 5.69 Å². The number of carbonyl (C=O) groups is 1. The standard InChI is InChI=1S/C28H33ClN4O4/c1-16-13-18(17(2)30-20-5-6-21(29)31-23(20)25(35)36)22-19(14-16)24(34)33(3)26(32-22)28-10-7-27(8-11-28,9-12-28)15-37-4/h5-6,13-14,17,30H,7-12,15H2,1-4H3,(H,35,36)/t17-,27?,28?/m1/s1. The quantitative estimate of drug-likeness (QED) is 0.398. The monoisotopic (exact) mass is 524 g/mol. The van der Waals surface area contributed by atoms with Crippen LogP contribution in [0.25, 0.3) is 10.9 Å². The van der Waals surface area contributed by atoms with E-state index in [1.165, 1.54) is 0 Å². The maximum Gasteiger partial charge on any atom is 0.356 e. The lowest BCUT2D eigenvalue weighted by molar-refractivity contribution is -0.0262. The van der Waals surface area contributed by atoms with E-state index in [9.17, 15) is 14.7 Å². The van der Waals surface area contributed by atoms with E-state index < -0.39 is 5.97 Å². The predicted octanol–water partition coefficient (Wildman–Crippen LogP) is 5.40. The molecule has 37 heavy (non-hydrogen) atoms. The summed E-state index contributed by atoms with van der Waals surface area (Å²) in [6.07, 6.45) is 6.22. The normalized spacial score (nSPS) is 23.8. The second kappa shape index (κ2) is 9.40. The summed E-state index contributed by atoms with van der Waals surface area (Å²) in [4.78, 5) is 34.6. The van der Waals surface area contributed by atoms with Gasteiger partial charge in [-0.25, -0.2) is 14.8 Å². The molecule has 2 heterocycles. The van der Waals surface area contributed by atoms with Crippen molar-refractivity contribution >= 4 is 34.2 Å². The van der Waals surface area contributed by atoms with E-state index in [0.717, 1.165) is 62.1 Å². The fourth-order valence-electron chi connectivity index (χ4n) is 6.50. The lowest BCUT2D eigenvalue weighted by Gasteiger charge is -2.53. The molecule has 3 fully saturated rings.